The Morgan fingerprint density at radius 1 is 1.48 bits per heavy atom. The molecule has 3 atom stereocenters. The molecule has 5 heteroatoms. The van der Waals surface area contributed by atoms with E-state index in [4.69, 9.17) is 10.5 Å². The van der Waals surface area contributed by atoms with Crippen LogP contribution < -0.4 is 11.1 Å². The molecule has 0 amide bonds. The third-order valence-electron chi connectivity index (χ3n) is 4.40. The molecule has 1 saturated heterocycles. The van der Waals surface area contributed by atoms with Gasteiger partial charge in [0.1, 0.15) is 0 Å². The van der Waals surface area contributed by atoms with Crippen molar-refractivity contribution in [2.45, 2.75) is 38.6 Å². The van der Waals surface area contributed by atoms with E-state index in [2.05, 4.69) is 17.3 Å². The molecule has 0 radical (unpaired) electrons. The minimum atomic E-state index is -0.448. The Kier molecular flexibility index (Phi) is 6.36. The van der Waals surface area contributed by atoms with Crippen molar-refractivity contribution < 1.29 is 9.13 Å². The molecule has 1 aliphatic carbocycles. The average molecular weight is 297 g/mol. The fourth-order valence-corrected chi connectivity index (χ4v) is 2.89. The summed E-state index contributed by atoms with van der Waals surface area (Å²) < 4.78 is 19.1. The lowest BCUT2D eigenvalue weighted by Crippen LogP contribution is -2.50. The number of hydrogen-bond donors (Lipinski definition) is 2. The van der Waals surface area contributed by atoms with Crippen molar-refractivity contribution in [3.05, 3.63) is 24.1 Å². The van der Waals surface area contributed by atoms with Crippen LogP contribution in [0.2, 0.25) is 0 Å². The van der Waals surface area contributed by atoms with Crippen LogP contribution in [0.1, 0.15) is 26.2 Å². The van der Waals surface area contributed by atoms with E-state index in [9.17, 15) is 4.39 Å². The third kappa shape index (κ3) is 5.51. The summed E-state index contributed by atoms with van der Waals surface area (Å²) in [5.41, 5.74) is 6.01. The summed E-state index contributed by atoms with van der Waals surface area (Å²) in [7, 11) is 2.14. The minimum absolute atomic E-state index is 0.0602. The van der Waals surface area contributed by atoms with Gasteiger partial charge >= 0.3 is 0 Å². The number of allylic oxidation sites excluding steroid dienone is 3. The molecule has 1 heterocycles. The molecule has 3 N–H and O–H groups in total. The molecule has 2 aliphatic rings. The maximum Gasteiger partial charge on any atom is 0.161 e. The van der Waals surface area contributed by atoms with Crippen molar-refractivity contribution in [1.29, 1.82) is 0 Å². The third-order valence-corrected chi connectivity index (χ3v) is 4.40. The van der Waals surface area contributed by atoms with Crippen LogP contribution in [0.15, 0.2) is 24.1 Å². The Labute approximate surface area is 127 Å². The van der Waals surface area contributed by atoms with Crippen LogP contribution in [0.4, 0.5) is 4.39 Å². The lowest BCUT2D eigenvalue weighted by molar-refractivity contribution is 0.00274. The Bertz CT molecular complexity index is 378. The van der Waals surface area contributed by atoms with Gasteiger partial charge in [-0.2, -0.15) is 0 Å². The van der Waals surface area contributed by atoms with Crippen molar-refractivity contribution in [1.82, 2.24) is 10.2 Å². The quantitative estimate of drug-likeness (QED) is 0.602. The van der Waals surface area contributed by atoms with E-state index in [1.807, 2.05) is 19.1 Å². The first-order valence-corrected chi connectivity index (χ1v) is 7.89. The molecule has 1 fully saturated rings. The number of nitrogens with two attached hydrogens (primary N) is 1. The first kappa shape index (κ1) is 16.6. The molecule has 2 rings (SSSR count). The number of rotatable bonds is 5. The molecule has 120 valence electrons. The second-order valence-electron chi connectivity index (χ2n) is 6.27. The molecular weight excluding hydrogens is 269 g/mol. The van der Waals surface area contributed by atoms with Crippen LogP contribution in [-0.4, -0.2) is 44.0 Å². The smallest absolute Gasteiger partial charge is 0.161 e. The molecule has 0 saturated carbocycles. The van der Waals surface area contributed by atoms with Gasteiger partial charge in [0, 0.05) is 18.4 Å². The summed E-state index contributed by atoms with van der Waals surface area (Å²) in [6, 6.07) is 0.427. The zero-order valence-electron chi connectivity index (χ0n) is 13.1. The Hall–Kier alpha value is -0.750. The van der Waals surface area contributed by atoms with Gasteiger partial charge in [0.15, 0.2) is 6.35 Å². The van der Waals surface area contributed by atoms with E-state index < -0.39 is 6.35 Å². The Balaban J connectivity index is 1.72. The average Bonchev–Trinajstić information content (AvgIpc) is 2.60. The Morgan fingerprint density at radius 2 is 2.19 bits per heavy atom. The van der Waals surface area contributed by atoms with Gasteiger partial charge in [-0.3, -0.25) is 11.1 Å². The SMILES string of the molecule is C[C@@H]1C=C(F)CC=CC1COC(N)NC1CCN(C)CC1. The molecule has 21 heavy (non-hydrogen) atoms. The molecule has 0 aromatic rings. The number of nitrogens with one attached hydrogen (secondary N) is 1. The van der Waals surface area contributed by atoms with E-state index in [1.165, 1.54) is 0 Å². The van der Waals surface area contributed by atoms with Gasteiger partial charge in [-0.1, -0.05) is 19.1 Å². The second-order valence-corrected chi connectivity index (χ2v) is 6.27. The molecule has 4 nitrogen and oxygen atoms in total. The Morgan fingerprint density at radius 3 is 2.90 bits per heavy atom. The van der Waals surface area contributed by atoms with Crippen LogP contribution in [0, 0.1) is 11.8 Å². The fraction of sp³-hybridized carbons (Fsp3) is 0.750. The standard InChI is InChI=1S/C16H28FN3O/c1-12-10-14(17)5-3-4-13(12)11-21-16(18)19-15-6-8-20(2)9-7-15/h3-4,10,12-13,15-16,19H,5-9,11,18H2,1-2H3/t12-,13?,16?/m1/s1. The van der Waals surface area contributed by atoms with Crippen molar-refractivity contribution >= 4 is 0 Å². The summed E-state index contributed by atoms with van der Waals surface area (Å²) in [5, 5.41) is 3.33. The number of halogens is 1. The van der Waals surface area contributed by atoms with Gasteiger partial charge in [0.2, 0.25) is 0 Å². The number of likely N-dealkylation sites (tertiary alicyclic amines) is 1. The van der Waals surface area contributed by atoms with E-state index in [0.29, 0.717) is 19.1 Å². The number of ether oxygens (including phenoxy) is 1. The molecular formula is C16H28FN3O. The van der Waals surface area contributed by atoms with Crippen LogP contribution in [0.25, 0.3) is 0 Å². The largest absolute Gasteiger partial charge is 0.350 e. The summed E-state index contributed by atoms with van der Waals surface area (Å²) in [6.07, 6.45) is 7.73. The monoisotopic (exact) mass is 297 g/mol. The normalized spacial score (nSPS) is 30.0. The minimum Gasteiger partial charge on any atom is -0.350 e. The summed E-state index contributed by atoms with van der Waals surface area (Å²) in [4.78, 5) is 2.32. The molecule has 2 unspecified atom stereocenters. The van der Waals surface area contributed by atoms with Crippen LogP contribution >= 0.6 is 0 Å². The van der Waals surface area contributed by atoms with Crippen molar-refractivity contribution in [2.24, 2.45) is 17.6 Å². The lowest BCUT2D eigenvalue weighted by Gasteiger charge is -2.31. The van der Waals surface area contributed by atoms with Crippen molar-refractivity contribution in [3.63, 3.8) is 0 Å². The number of piperidine rings is 1. The van der Waals surface area contributed by atoms with Crippen LogP contribution in [0.3, 0.4) is 0 Å². The summed E-state index contributed by atoms with van der Waals surface area (Å²) >= 11 is 0. The van der Waals surface area contributed by atoms with Crippen molar-refractivity contribution in [3.8, 4) is 0 Å². The predicted octanol–water partition coefficient (Wildman–Crippen LogP) is 1.99. The fourth-order valence-electron chi connectivity index (χ4n) is 2.89. The first-order chi connectivity index (χ1) is 10.0. The van der Waals surface area contributed by atoms with Gasteiger partial charge in [-0.15, -0.1) is 0 Å². The second kappa shape index (κ2) is 8.03. The van der Waals surface area contributed by atoms with E-state index in [0.717, 1.165) is 25.9 Å². The highest BCUT2D eigenvalue weighted by molar-refractivity contribution is 5.10. The van der Waals surface area contributed by atoms with Crippen LogP contribution in [0.5, 0.6) is 0 Å². The predicted molar refractivity (Wildman–Crippen MR) is 83.2 cm³/mol. The summed E-state index contributed by atoms with van der Waals surface area (Å²) in [6.45, 7) is 4.72. The maximum atomic E-state index is 13.3. The summed E-state index contributed by atoms with van der Waals surface area (Å²) in [5.74, 6) is 0.262. The van der Waals surface area contributed by atoms with Gasteiger partial charge < -0.3 is 9.64 Å². The van der Waals surface area contributed by atoms with E-state index in [1.54, 1.807) is 6.08 Å². The van der Waals surface area contributed by atoms with Crippen molar-refractivity contribution in [2.75, 3.05) is 26.7 Å². The first-order valence-electron chi connectivity index (χ1n) is 7.89. The number of nitrogens with zero attached hydrogens (tertiary/aromatic N) is 1. The van der Waals surface area contributed by atoms with Gasteiger partial charge in [0.05, 0.1) is 12.4 Å². The van der Waals surface area contributed by atoms with E-state index in [-0.39, 0.29) is 17.7 Å². The highest BCUT2D eigenvalue weighted by Gasteiger charge is 2.21. The zero-order chi connectivity index (χ0) is 15.2. The van der Waals surface area contributed by atoms with Gasteiger partial charge in [-0.25, -0.2) is 4.39 Å². The number of hydrogen-bond acceptors (Lipinski definition) is 4. The zero-order valence-corrected chi connectivity index (χ0v) is 13.1. The van der Waals surface area contributed by atoms with Gasteiger partial charge in [-0.05, 0) is 45.0 Å². The highest BCUT2D eigenvalue weighted by Crippen LogP contribution is 2.23. The lowest BCUT2D eigenvalue weighted by atomic mass is 9.95. The highest BCUT2D eigenvalue weighted by atomic mass is 19.1. The van der Waals surface area contributed by atoms with Crippen LogP contribution in [-0.2, 0) is 4.74 Å². The topological polar surface area (TPSA) is 50.5 Å². The maximum absolute atomic E-state index is 13.3. The molecule has 0 aromatic carbocycles. The molecule has 0 bridgehead atoms. The molecule has 1 aliphatic heterocycles. The van der Waals surface area contributed by atoms with E-state index >= 15 is 0 Å². The molecule has 0 aromatic heterocycles. The van der Waals surface area contributed by atoms with Gasteiger partial charge in [0.25, 0.3) is 0 Å². The molecule has 0 spiro atoms.